The maximum Gasteiger partial charge on any atom is 0.253 e. The third kappa shape index (κ3) is 4.35. The van der Waals surface area contributed by atoms with Crippen LogP contribution in [0.3, 0.4) is 0 Å². The predicted molar refractivity (Wildman–Crippen MR) is 103 cm³/mol. The SMILES string of the molecule is Cc1ccc(S(=O)(=O)c2ccc(C(=O)NCc3ccccc3Cl)cn2)cc1. The number of halogens is 1. The Balaban J connectivity index is 1.74. The molecule has 0 aliphatic rings. The van der Waals surface area contributed by atoms with E-state index in [1.165, 1.54) is 30.5 Å². The molecule has 0 aliphatic carbocycles. The molecule has 1 N–H and O–H groups in total. The highest BCUT2D eigenvalue weighted by molar-refractivity contribution is 7.91. The monoisotopic (exact) mass is 400 g/mol. The quantitative estimate of drug-likeness (QED) is 0.706. The van der Waals surface area contributed by atoms with E-state index in [2.05, 4.69) is 10.3 Å². The van der Waals surface area contributed by atoms with E-state index in [4.69, 9.17) is 11.6 Å². The number of carbonyl (C=O) groups excluding carboxylic acids is 1. The first-order valence-corrected chi connectivity index (χ1v) is 10.0. The van der Waals surface area contributed by atoms with Gasteiger partial charge in [-0.15, -0.1) is 0 Å². The number of amides is 1. The summed E-state index contributed by atoms with van der Waals surface area (Å²) in [5.74, 6) is -0.360. The molecule has 0 radical (unpaired) electrons. The van der Waals surface area contributed by atoms with Crippen LogP contribution in [0.4, 0.5) is 0 Å². The molecule has 3 rings (SSSR count). The van der Waals surface area contributed by atoms with Crippen molar-refractivity contribution in [3.8, 4) is 0 Å². The number of aromatic nitrogens is 1. The molecule has 0 unspecified atom stereocenters. The summed E-state index contributed by atoms with van der Waals surface area (Å²) in [7, 11) is -3.72. The molecule has 1 heterocycles. The molecule has 0 saturated carbocycles. The van der Waals surface area contributed by atoms with Gasteiger partial charge in [0.1, 0.15) is 0 Å². The fourth-order valence-corrected chi connectivity index (χ4v) is 3.81. The standard InChI is InChI=1S/C20H17ClN2O3S/c1-14-6-9-17(10-7-14)27(25,26)19-11-8-16(13-22-19)20(24)23-12-15-4-2-3-5-18(15)21/h2-11,13H,12H2,1H3,(H,23,24). The van der Waals surface area contributed by atoms with Crippen LogP contribution in [0, 0.1) is 6.92 Å². The molecule has 0 atom stereocenters. The summed E-state index contributed by atoms with van der Waals surface area (Å²) in [6, 6.07) is 16.5. The molecule has 1 aromatic heterocycles. The van der Waals surface area contributed by atoms with Gasteiger partial charge in [0.25, 0.3) is 5.91 Å². The number of hydrogen-bond donors (Lipinski definition) is 1. The number of nitrogens with one attached hydrogen (secondary N) is 1. The average Bonchev–Trinajstić information content (AvgIpc) is 2.67. The minimum absolute atomic E-state index is 0.103. The zero-order chi connectivity index (χ0) is 19.4. The zero-order valence-electron chi connectivity index (χ0n) is 14.5. The number of hydrogen-bond acceptors (Lipinski definition) is 4. The van der Waals surface area contributed by atoms with Gasteiger partial charge in [0, 0.05) is 17.8 Å². The van der Waals surface area contributed by atoms with E-state index in [0.29, 0.717) is 5.02 Å². The van der Waals surface area contributed by atoms with Gasteiger partial charge in [0.2, 0.25) is 9.84 Å². The summed E-state index contributed by atoms with van der Waals surface area (Å²) in [6.45, 7) is 2.15. The Labute approximate surface area is 163 Å². The lowest BCUT2D eigenvalue weighted by molar-refractivity contribution is 0.0950. The van der Waals surface area contributed by atoms with Gasteiger partial charge < -0.3 is 5.32 Å². The summed E-state index contributed by atoms with van der Waals surface area (Å²) in [5, 5.41) is 3.20. The second-order valence-electron chi connectivity index (χ2n) is 5.98. The third-order valence-electron chi connectivity index (χ3n) is 4.00. The van der Waals surface area contributed by atoms with E-state index in [1.807, 2.05) is 25.1 Å². The van der Waals surface area contributed by atoms with E-state index in [-0.39, 0.29) is 27.9 Å². The molecule has 3 aromatic rings. The highest BCUT2D eigenvalue weighted by Gasteiger charge is 2.19. The van der Waals surface area contributed by atoms with Crippen molar-refractivity contribution < 1.29 is 13.2 Å². The van der Waals surface area contributed by atoms with Crippen molar-refractivity contribution in [1.29, 1.82) is 0 Å². The lowest BCUT2D eigenvalue weighted by Gasteiger charge is -2.08. The van der Waals surface area contributed by atoms with Crippen molar-refractivity contribution in [1.82, 2.24) is 10.3 Å². The maximum atomic E-state index is 12.6. The average molecular weight is 401 g/mol. The molecule has 0 fully saturated rings. The molecule has 7 heteroatoms. The molecule has 5 nitrogen and oxygen atoms in total. The van der Waals surface area contributed by atoms with Crippen LogP contribution in [0.15, 0.2) is 76.8 Å². The number of carbonyl (C=O) groups is 1. The van der Waals surface area contributed by atoms with Crippen LogP contribution in [-0.2, 0) is 16.4 Å². The van der Waals surface area contributed by atoms with Crippen LogP contribution in [0.1, 0.15) is 21.5 Å². The van der Waals surface area contributed by atoms with Crippen LogP contribution < -0.4 is 5.32 Å². The number of rotatable bonds is 5. The zero-order valence-corrected chi connectivity index (χ0v) is 16.1. The van der Waals surface area contributed by atoms with E-state index in [0.717, 1.165) is 11.1 Å². The molecule has 2 aromatic carbocycles. The normalized spacial score (nSPS) is 11.2. The van der Waals surface area contributed by atoms with Crippen molar-refractivity contribution in [2.24, 2.45) is 0 Å². The Morgan fingerprint density at radius 2 is 1.74 bits per heavy atom. The summed E-state index contributed by atoms with van der Waals surface area (Å²) in [6.07, 6.45) is 1.25. The molecular weight excluding hydrogens is 384 g/mol. The summed E-state index contributed by atoms with van der Waals surface area (Å²) in [5.41, 5.74) is 2.02. The molecule has 0 saturated heterocycles. The molecule has 138 valence electrons. The van der Waals surface area contributed by atoms with E-state index in [1.54, 1.807) is 18.2 Å². The fraction of sp³-hybridized carbons (Fsp3) is 0.100. The van der Waals surface area contributed by atoms with Gasteiger partial charge in [0.05, 0.1) is 10.5 Å². The first-order chi connectivity index (χ1) is 12.9. The number of pyridine rings is 1. The number of benzene rings is 2. The molecule has 0 bridgehead atoms. The van der Waals surface area contributed by atoms with Crippen LogP contribution >= 0.6 is 11.6 Å². The molecular formula is C20H17ClN2O3S. The van der Waals surface area contributed by atoms with Crippen LogP contribution in [-0.4, -0.2) is 19.3 Å². The van der Waals surface area contributed by atoms with E-state index in [9.17, 15) is 13.2 Å². The second-order valence-corrected chi connectivity index (χ2v) is 8.28. The van der Waals surface area contributed by atoms with Crippen molar-refractivity contribution in [3.63, 3.8) is 0 Å². The van der Waals surface area contributed by atoms with Gasteiger partial charge in [-0.1, -0.05) is 47.5 Å². The van der Waals surface area contributed by atoms with Crippen molar-refractivity contribution in [3.05, 3.63) is 88.6 Å². The van der Waals surface area contributed by atoms with Crippen LogP contribution in [0.25, 0.3) is 0 Å². The lowest BCUT2D eigenvalue weighted by atomic mass is 10.2. The maximum absolute atomic E-state index is 12.6. The van der Waals surface area contributed by atoms with Crippen molar-refractivity contribution >= 4 is 27.3 Å². The number of nitrogens with zero attached hydrogens (tertiary/aromatic N) is 1. The highest BCUT2D eigenvalue weighted by Crippen LogP contribution is 2.20. The first kappa shape index (κ1) is 19.1. The number of sulfone groups is 1. The minimum atomic E-state index is -3.72. The lowest BCUT2D eigenvalue weighted by Crippen LogP contribution is -2.23. The van der Waals surface area contributed by atoms with Crippen molar-refractivity contribution in [2.45, 2.75) is 23.4 Å². The third-order valence-corrected chi connectivity index (χ3v) is 6.06. The molecule has 1 amide bonds. The topological polar surface area (TPSA) is 76.1 Å². The smallest absolute Gasteiger partial charge is 0.253 e. The Bertz CT molecular complexity index is 1060. The van der Waals surface area contributed by atoms with Crippen LogP contribution in [0.5, 0.6) is 0 Å². The summed E-state index contributed by atoms with van der Waals surface area (Å²) < 4.78 is 25.2. The number of aryl methyl sites for hydroxylation is 1. The van der Waals surface area contributed by atoms with Gasteiger partial charge in [-0.3, -0.25) is 4.79 Å². The van der Waals surface area contributed by atoms with E-state index >= 15 is 0 Å². The summed E-state index contributed by atoms with van der Waals surface area (Å²) in [4.78, 5) is 16.4. The Morgan fingerprint density at radius 1 is 1.04 bits per heavy atom. The highest BCUT2D eigenvalue weighted by atomic mass is 35.5. The van der Waals surface area contributed by atoms with Crippen LogP contribution in [0.2, 0.25) is 5.02 Å². The first-order valence-electron chi connectivity index (χ1n) is 8.17. The largest absolute Gasteiger partial charge is 0.348 e. The molecule has 27 heavy (non-hydrogen) atoms. The Kier molecular flexibility index (Phi) is 5.58. The molecule has 0 aliphatic heterocycles. The van der Waals surface area contributed by atoms with E-state index < -0.39 is 9.84 Å². The Morgan fingerprint density at radius 3 is 2.37 bits per heavy atom. The minimum Gasteiger partial charge on any atom is -0.348 e. The van der Waals surface area contributed by atoms with Gasteiger partial charge in [0.15, 0.2) is 5.03 Å². The van der Waals surface area contributed by atoms with Crippen molar-refractivity contribution in [2.75, 3.05) is 0 Å². The van der Waals surface area contributed by atoms with Gasteiger partial charge in [-0.2, -0.15) is 0 Å². The van der Waals surface area contributed by atoms with Gasteiger partial charge in [-0.05, 0) is 42.8 Å². The van der Waals surface area contributed by atoms with Gasteiger partial charge in [-0.25, -0.2) is 13.4 Å². The summed E-state index contributed by atoms with van der Waals surface area (Å²) >= 11 is 6.06. The van der Waals surface area contributed by atoms with Gasteiger partial charge >= 0.3 is 0 Å². The Hall–Kier alpha value is -2.70. The second kappa shape index (κ2) is 7.90. The fourth-order valence-electron chi connectivity index (χ4n) is 2.43. The predicted octanol–water partition coefficient (Wildman–Crippen LogP) is 3.81. The molecule has 0 spiro atoms.